The Kier molecular flexibility index (Phi) is 3.12. The Labute approximate surface area is 108 Å². The Hall–Kier alpha value is -0.930. The van der Waals surface area contributed by atoms with Gasteiger partial charge in [-0.25, -0.2) is 4.39 Å². The number of halogens is 1. The van der Waals surface area contributed by atoms with Gasteiger partial charge in [-0.1, -0.05) is 17.7 Å². The van der Waals surface area contributed by atoms with E-state index in [1.807, 2.05) is 19.1 Å². The highest BCUT2D eigenvalue weighted by molar-refractivity contribution is 5.28. The predicted molar refractivity (Wildman–Crippen MR) is 70.8 cm³/mol. The van der Waals surface area contributed by atoms with Gasteiger partial charge in [-0.15, -0.1) is 0 Å². The smallest absolute Gasteiger partial charge is 0.128 e. The summed E-state index contributed by atoms with van der Waals surface area (Å²) in [6.45, 7) is 3.61. The molecular weight excluding hydrogens is 227 g/mol. The largest absolute Gasteiger partial charge is 0.329 e. The molecule has 2 N–H and O–H groups in total. The zero-order chi connectivity index (χ0) is 12.7. The predicted octanol–water partition coefficient (Wildman–Crippen LogP) is 2.62. The van der Waals surface area contributed by atoms with E-state index in [-0.39, 0.29) is 11.9 Å². The number of hydrogen-bond acceptors (Lipinski definition) is 2. The van der Waals surface area contributed by atoms with Gasteiger partial charge in [0.2, 0.25) is 0 Å². The molecule has 18 heavy (non-hydrogen) atoms. The molecule has 98 valence electrons. The summed E-state index contributed by atoms with van der Waals surface area (Å²) in [5.41, 5.74) is 7.82. The fraction of sp³-hybridized carbons (Fsp3) is 0.600. The van der Waals surface area contributed by atoms with E-state index in [4.69, 9.17) is 5.73 Å². The molecule has 1 saturated heterocycles. The fourth-order valence-corrected chi connectivity index (χ4v) is 3.70. The van der Waals surface area contributed by atoms with Crippen LogP contribution < -0.4 is 5.73 Å². The summed E-state index contributed by atoms with van der Waals surface area (Å²) in [6, 6.07) is 6.03. The number of rotatable bonds is 3. The first-order chi connectivity index (χ1) is 8.69. The minimum absolute atomic E-state index is 0.0557. The summed E-state index contributed by atoms with van der Waals surface area (Å²) >= 11 is 0. The van der Waals surface area contributed by atoms with Gasteiger partial charge < -0.3 is 5.73 Å². The van der Waals surface area contributed by atoms with Gasteiger partial charge in [-0.2, -0.15) is 0 Å². The molecule has 1 aromatic rings. The minimum Gasteiger partial charge on any atom is -0.329 e. The Bertz CT molecular complexity index is 446. The number of likely N-dealkylation sites (tertiary alicyclic amines) is 1. The number of benzene rings is 1. The molecule has 1 aliphatic carbocycles. The fourth-order valence-electron chi connectivity index (χ4n) is 3.70. The highest BCUT2D eigenvalue weighted by Gasteiger charge is 2.41. The topological polar surface area (TPSA) is 29.3 Å². The van der Waals surface area contributed by atoms with Crippen molar-refractivity contribution in [1.29, 1.82) is 0 Å². The molecule has 0 aromatic heterocycles. The average molecular weight is 248 g/mol. The van der Waals surface area contributed by atoms with Crippen molar-refractivity contribution in [2.75, 3.05) is 13.1 Å². The van der Waals surface area contributed by atoms with Crippen LogP contribution in [0.1, 0.15) is 36.4 Å². The average Bonchev–Trinajstić information content (AvgIpc) is 2.97. The maximum atomic E-state index is 14.0. The van der Waals surface area contributed by atoms with Crippen molar-refractivity contribution in [2.45, 2.75) is 38.3 Å². The summed E-state index contributed by atoms with van der Waals surface area (Å²) in [5.74, 6) is 0.704. The SMILES string of the molecule is Cc1ccc(F)c(C(CN)N2CC3CCC2C3)c1. The normalized spacial score (nSPS) is 28.8. The maximum Gasteiger partial charge on any atom is 0.128 e. The number of aryl methyl sites for hydroxylation is 1. The molecule has 1 aliphatic heterocycles. The first-order valence-electron chi connectivity index (χ1n) is 6.91. The highest BCUT2D eigenvalue weighted by atomic mass is 19.1. The molecule has 1 saturated carbocycles. The van der Waals surface area contributed by atoms with Crippen molar-refractivity contribution < 1.29 is 4.39 Å². The lowest BCUT2D eigenvalue weighted by Crippen LogP contribution is -2.39. The minimum atomic E-state index is -0.112. The van der Waals surface area contributed by atoms with Crippen molar-refractivity contribution in [3.63, 3.8) is 0 Å². The molecule has 1 heterocycles. The quantitative estimate of drug-likeness (QED) is 0.891. The Balaban J connectivity index is 1.90. The Morgan fingerprint density at radius 1 is 1.44 bits per heavy atom. The van der Waals surface area contributed by atoms with E-state index in [0.717, 1.165) is 23.6 Å². The van der Waals surface area contributed by atoms with E-state index in [0.29, 0.717) is 12.6 Å². The molecule has 1 aromatic carbocycles. The Morgan fingerprint density at radius 3 is 2.89 bits per heavy atom. The van der Waals surface area contributed by atoms with Crippen LogP contribution in [0.15, 0.2) is 18.2 Å². The highest BCUT2D eigenvalue weighted by Crippen LogP contribution is 2.42. The van der Waals surface area contributed by atoms with E-state index in [9.17, 15) is 4.39 Å². The van der Waals surface area contributed by atoms with Crippen LogP contribution in [0.5, 0.6) is 0 Å². The van der Waals surface area contributed by atoms with E-state index < -0.39 is 0 Å². The zero-order valence-electron chi connectivity index (χ0n) is 10.9. The summed E-state index contributed by atoms with van der Waals surface area (Å²) < 4.78 is 14.0. The van der Waals surface area contributed by atoms with E-state index in [1.165, 1.54) is 19.3 Å². The van der Waals surface area contributed by atoms with Gasteiger partial charge in [0.05, 0.1) is 6.04 Å². The van der Waals surface area contributed by atoms with Crippen LogP contribution >= 0.6 is 0 Å². The molecule has 3 atom stereocenters. The van der Waals surface area contributed by atoms with Crippen LogP contribution in [-0.2, 0) is 0 Å². The Morgan fingerprint density at radius 2 is 2.28 bits per heavy atom. The number of fused-ring (bicyclic) bond motifs is 2. The van der Waals surface area contributed by atoms with Crippen molar-refractivity contribution >= 4 is 0 Å². The second kappa shape index (κ2) is 4.63. The van der Waals surface area contributed by atoms with Gasteiger partial charge in [0.25, 0.3) is 0 Å². The van der Waals surface area contributed by atoms with Crippen LogP contribution in [0, 0.1) is 18.7 Å². The van der Waals surface area contributed by atoms with Crippen molar-refractivity contribution in [1.82, 2.24) is 4.90 Å². The van der Waals surface area contributed by atoms with Crippen molar-refractivity contribution in [3.05, 3.63) is 35.1 Å². The number of hydrogen-bond donors (Lipinski definition) is 1. The van der Waals surface area contributed by atoms with Gasteiger partial charge in [0.1, 0.15) is 5.82 Å². The molecule has 2 fully saturated rings. The number of piperidine rings is 1. The van der Waals surface area contributed by atoms with Crippen LogP contribution in [-0.4, -0.2) is 24.0 Å². The van der Waals surface area contributed by atoms with E-state index in [1.54, 1.807) is 6.07 Å². The first kappa shape index (κ1) is 12.1. The van der Waals surface area contributed by atoms with Crippen LogP contribution in [0.4, 0.5) is 4.39 Å². The lowest BCUT2D eigenvalue weighted by Gasteiger charge is -2.34. The molecule has 2 aliphatic rings. The summed E-state index contributed by atoms with van der Waals surface area (Å²) in [4.78, 5) is 2.44. The van der Waals surface area contributed by atoms with Crippen LogP contribution in [0.3, 0.4) is 0 Å². The third-order valence-electron chi connectivity index (χ3n) is 4.59. The number of nitrogens with two attached hydrogens (primary N) is 1. The summed E-state index contributed by atoms with van der Waals surface area (Å²) in [5, 5.41) is 0. The number of nitrogens with zero attached hydrogens (tertiary/aromatic N) is 1. The van der Waals surface area contributed by atoms with Crippen molar-refractivity contribution in [2.24, 2.45) is 11.7 Å². The van der Waals surface area contributed by atoms with Gasteiger partial charge in [0.15, 0.2) is 0 Å². The summed E-state index contributed by atoms with van der Waals surface area (Å²) in [6.07, 6.45) is 3.88. The molecule has 3 rings (SSSR count). The second-order valence-electron chi connectivity index (χ2n) is 5.81. The van der Waals surface area contributed by atoms with Crippen LogP contribution in [0.25, 0.3) is 0 Å². The van der Waals surface area contributed by atoms with E-state index >= 15 is 0 Å². The van der Waals surface area contributed by atoms with Crippen LogP contribution in [0.2, 0.25) is 0 Å². The molecule has 0 amide bonds. The zero-order valence-corrected chi connectivity index (χ0v) is 10.9. The monoisotopic (exact) mass is 248 g/mol. The van der Waals surface area contributed by atoms with Gasteiger partial charge in [-0.3, -0.25) is 4.90 Å². The molecular formula is C15H21FN2. The first-order valence-corrected chi connectivity index (χ1v) is 6.91. The maximum absolute atomic E-state index is 14.0. The molecule has 3 heteroatoms. The van der Waals surface area contributed by atoms with Crippen molar-refractivity contribution in [3.8, 4) is 0 Å². The second-order valence-corrected chi connectivity index (χ2v) is 5.81. The van der Waals surface area contributed by atoms with Gasteiger partial charge >= 0.3 is 0 Å². The third-order valence-corrected chi connectivity index (χ3v) is 4.59. The standard InChI is InChI=1S/C15H21FN2/c1-10-2-5-14(16)13(6-10)15(8-17)18-9-11-3-4-12(18)7-11/h2,5-6,11-12,15H,3-4,7-9,17H2,1H3. The molecule has 2 nitrogen and oxygen atoms in total. The molecule has 0 radical (unpaired) electrons. The molecule has 3 unspecified atom stereocenters. The molecule has 2 bridgehead atoms. The summed E-state index contributed by atoms with van der Waals surface area (Å²) in [7, 11) is 0. The third kappa shape index (κ3) is 1.95. The molecule has 0 spiro atoms. The van der Waals surface area contributed by atoms with Gasteiger partial charge in [0, 0.05) is 24.7 Å². The lowest BCUT2D eigenvalue weighted by atomic mass is 9.99. The lowest BCUT2D eigenvalue weighted by molar-refractivity contribution is 0.150. The van der Waals surface area contributed by atoms with Gasteiger partial charge in [-0.05, 0) is 38.2 Å². The van der Waals surface area contributed by atoms with E-state index in [2.05, 4.69) is 4.90 Å².